The fraction of sp³-hybridized carbons (Fsp3) is 0.474. The highest BCUT2D eigenvalue weighted by molar-refractivity contribution is 5.91. The van der Waals surface area contributed by atoms with Crippen LogP contribution in [0.5, 0.6) is 23.0 Å². The van der Waals surface area contributed by atoms with Crippen LogP contribution in [-0.2, 0) is 0 Å². The minimum absolute atomic E-state index is 0.0287. The van der Waals surface area contributed by atoms with Gasteiger partial charge in [0.05, 0.1) is 23.5 Å². The molecule has 3 aromatic carbocycles. The van der Waals surface area contributed by atoms with Gasteiger partial charge in [0, 0.05) is 17.8 Å². The van der Waals surface area contributed by atoms with Crippen LogP contribution in [0.3, 0.4) is 0 Å². The molecule has 3 rings (SSSR count). The van der Waals surface area contributed by atoms with Gasteiger partial charge in [-0.2, -0.15) is 0 Å². The fourth-order valence-corrected chi connectivity index (χ4v) is 4.94. The molecule has 0 saturated heterocycles. The summed E-state index contributed by atoms with van der Waals surface area (Å²) in [5.41, 5.74) is 1.67. The Labute approximate surface area is 264 Å². The van der Waals surface area contributed by atoms with Crippen molar-refractivity contribution in [2.45, 2.75) is 117 Å². The summed E-state index contributed by atoms with van der Waals surface area (Å²) in [7, 11) is 0. The smallest absolute Gasteiger partial charge is 0.343 e. The van der Waals surface area contributed by atoms with E-state index in [1.807, 2.05) is 24.3 Å². The monoisotopic (exact) mass is 601 g/mol. The van der Waals surface area contributed by atoms with Gasteiger partial charge in [-0.25, -0.2) is 4.79 Å². The van der Waals surface area contributed by atoms with E-state index in [1.54, 1.807) is 42.6 Å². The second-order valence-electron chi connectivity index (χ2n) is 11.6. The number of unbranched alkanes of at least 4 members (excludes halogenated alkanes) is 8. The van der Waals surface area contributed by atoms with E-state index in [0.717, 1.165) is 36.4 Å². The Hall–Kier alpha value is -3.80. The highest BCUT2D eigenvalue weighted by Crippen LogP contribution is 2.26. The largest absolute Gasteiger partial charge is 0.507 e. The molecule has 2 atom stereocenters. The minimum Gasteiger partial charge on any atom is -0.507 e. The zero-order valence-corrected chi connectivity index (χ0v) is 27.1. The molecule has 0 aliphatic rings. The van der Waals surface area contributed by atoms with Gasteiger partial charge in [0.1, 0.15) is 23.0 Å². The third-order valence-corrected chi connectivity index (χ3v) is 7.59. The predicted molar refractivity (Wildman–Crippen MR) is 180 cm³/mol. The summed E-state index contributed by atoms with van der Waals surface area (Å²) in [6, 6.07) is 19.3. The van der Waals surface area contributed by atoms with E-state index in [-0.39, 0.29) is 23.7 Å². The average Bonchev–Trinajstić information content (AvgIpc) is 3.01. The molecule has 0 aliphatic heterocycles. The molecule has 0 unspecified atom stereocenters. The highest BCUT2D eigenvalue weighted by atomic mass is 16.5. The lowest BCUT2D eigenvalue weighted by Gasteiger charge is -2.15. The van der Waals surface area contributed by atoms with Crippen molar-refractivity contribution < 1.29 is 24.1 Å². The number of phenols is 1. The van der Waals surface area contributed by atoms with Crippen LogP contribution in [-0.4, -0.2) is 29.5 Å². The molecule has 0 aromatic heterocycles. The number of nitrogens with zero attached hydrogens (tertiary/aromatic N) is 1. The number of benzene rings is 3. The molecule has 0 aliphatic carbocycles. The number of esters is 1. The molecule has 0 saturated carbocycles. The maximum Gasteiger partial charge on any atom is 0.343 e. The van der Waals surface area contributed by atoms with E-state index < -0.39 is 5.97 Å². The van der Waals surface area contributed by atoms with Crippen molar-refractivity contribution in [3.63, 3.8) is 0 Å². The Kier molecular flexibility index (Phi) is 15.4. The average molecular weight is 602 g/mol. The summed E-state index contributed by atoms with van der Waals surface area (Å²) in [4.78, 5) is 17.2. The van der Waals surface area contributed by atoms with E-state index in [2.05, 4.69) is 32.7 Å². The van der Waals surface area contributed by atoms with E-state index >= 15 is 0 Å². The highest BCUT2D eigenvalue weighted by Gasteiger charge is 2.12. The first kappa shape index (κ1) is 34.7. The van der Waals surface area contributed by atoms with Crippen LogP contribution in [0, 0.1) is 0 Å². The molecule has 0 bridgehead atoms. The first-order valence-corrected chi connectivity index (χ1v) is 16.5. The number of phenolic OH excluding ortho intramolecular Hbond substituents is 1. The molecule has 0 spiro atoms. The van der Waals surface area contributed by atoms with Gasteiger partial charge >= 0.3 is 5.97 Å². The van der Waals surface area contributed by atoms with Gasteiger partial charge in [-0.1, -0.05) is 65.2 Å². The number of carbonyl (C=O) groups excluding carboxylic acids is 1. The quantitative estimate of drug-likeness (QED) is 0.0603. The number of hydrogen-bond donors (Lipinski definition) is 1. The van der Waals surface area contributed by atoms with Gasteiger partial charge < -0.3 is 19.3 Å². The van der Waals surface area contributed by atoms with Gasteiger partial charge in [0.15, 0.2) is 0 Å². The maximum atomic E-state index is 12.7. The Balaban J connectivity index is 1.45. The summed E-state index contributed by atoms with van der Waals surface area (Å²) >= 11 is 0. The van der Waals surface area contributed by atoms with Crippen molar-refractivity contribution in [2.24, 2.45) is 4.99 Å². The number of aromatic hydroxyl groups is 1. The van der Waals surface area contributed by atoms with Crippen molar-refractivity contribution >= 4 is 17.9 Å². The summed E-state index contributed by atoms with van der Waals surface area (Å²) in [6.45, 7) is 8.63. The van der Waals surface area contributed by atoms with E-state index in [0.29, 0.717) is 11.1 Å². The van der Waals surface area contributed by atoms with Crippen LogP contribution in [0.4, 0.5) is 5.69 Å². The zero-order valence-electron chi connectivity index (χ0n) is 27.1. The molecule has 44 heavy (non-hydrogen) atoms. The van der Waals surface area contributed by atoms with Crippen molar-refractivity contribution in [3.8, 4) is 23.0 Å². The first-order valence-electron chi connectivity index (χ1n) is 16.5. The van der Waals surface area contributed by atoms with Crippen molar-refractivity contribution in [3.05, 3.63) is 77.9 Å². The summed E-state index contributed by atoms with van der Waals surface area (Å²) < 4.78 is 17.5. The van der Waals surface area contributed by atoms with E-state index in [9.17, 15) is 9.90 Å². The lowest BCUT2D eigenvalue weighted by molar-refractivity contribution is 0.0734. The van der Waals surface area contributed by atoms with Crippen molar-refractivity contribution in [2.75, 3.05) is 0 Å². The molecule has 0 amide bonds. The third-order valence-electron chi connectivity index (χ3n) is 7.59. The van der Waals surface area contributed by atoms with Gasteiger partial charge in [-0.3, -0.25) is 4.99 Å². The Bertz CT molecular complexity index is 1270. The summed E-state index contributed by atoms with van der Waals surface area (Å²) in [5.74, 6) is 1.27. The number of carbonyl (C=O) groups is 1. The first-order chi connectivity index (χ1) is 21.4. The van der Waals surface area contributed by atoms with Crippen LogP contribution >= 0.6 is 0 Å². The SMILES string of the molecule is CCCCCCCC[C@@H](C)Oc1ccc(C(=O)Oc2ccc(C=Nc3ccc(O[C@H](C)CCCCCC)cc3)c(O)c2)cc1. The standard InChI is InChI=1S/C38H51NO5/c1-5-7-9-11-12-14-16-30(4)42-34-22-17-31(18-23-34)38(41)44-36-24-19-32(37(40)27-36)28-39-33-20-25-35(26-21-33)43-29(3)15-13-10-8-6-2/h17-30,40H,5-16H2,1-4H3/t29-,30-/m1/s1. The number of rotatable bonds is 20. The Morgan fingerprint density at radius 3 is 1.77 bits per heavy atom. The molecule has 6 nitrogen and oxygen atoms in total. The van der Waals surface area contributed by atoms with E-state index in [1.165, 1.54) is 63.9 Å². The molecule has 0 radical (unpaired) electrons. The zero-order chi connectivity index (χ0) is 31.6. The van der Waals surface area contributed by atoms with Gasteiger partial charge in [0.2, 0.25) is 0 Å². The second-order valence-corrected chi connectivity index (χ2v) is 11.6. The Morgan fingerprint density at radius 2 is 1.20 bits per heavy atom. The molecular formula is C38H51NO5. The number of hydrogen-bond acceptors (Lipinski definition) is 6. The van der Waals surface area contributed by atoms with Crippen molar-refractivity contribution in [1.82, 2.24) is 0 Å². The molecular weight excluding hydrogens is 550 g/mol. The molecule has 238 valence electrons. The fourth-order valence-electron chi connectivity index (χ4n) is 4.94. The van der Waals surface area contributed by atoms with Crippen LogP contribution in [0.25, 0.3) is 0 Å². The lowest BCUT2D eigenvalue weighted by atomic mass is 10.1. The number of ether oxygens (including phenoxy) is 3. The van der Waals surface area contributed by atoms with Gasteiger partial charge in [0.25, 0.3) is 0 Å². The van der Waals surface area contributed by atoms with Gasteiger partial charge in [-0.05, 0) is 100 Å². The summed E-state index contributed by atoms with van der Waals surface area (Å²) in [6.07, 6.45) is 16.4. The second kappa shape index (κ2) is 19.5. The molecule has 0 fully saturated rings. The Morgan fingerprint density at radius 1 is 0.705 bits per heavy atom. The van der Waals surface area contributed by atoms with Crippen LogP contribution in [0.1, 0.15) is 121 Å². The van der Waals surface area contributed by atoms with E-state index in [4.69, 9.17) is 14.2 Å². The van der Waals surface area contributed by atoms with Crippen LogP contribution in [0.15, 0.2) is 71.7 Å². The number of aliphatic imine (C=N–C) groups is 1. The molecule has 6 heteroatoms. The predicted octanol–water partition coefficient (Wildman–Crippen LogP) is 10.6. The maximum absolute atomic E-state index is 12.7. The van der Waals surface area contributed by atoms with Crippen molar-refractivity contribution in [1.29, 1.82) is 0 Å². The lowest BCUT2D eigenvalue weighted by Crippen LogP contribution is -2.12. The molecule has 3 aromatic rings. The van der Waals surface area contributed by atoms with Crippen LogP contribution < -0.4 is 14.2 Å². The summed E-state index contributed by atoms with van der Waals surface area (Å²) in [5, 5.41) is 10.5. The van der Waals surface area contributed by atoms with Crippen LogP contribution in [0.2, 0.25) is 0 Å². The molecule has 0 heterocycles. The van der Waals surface area contributed by atoms with Gasteiger partial charge in [-0.15, -0.1) is 0 Å². The molecule has 1 N–H and O–H groups in total. The normalized spacial score (nSPS) is 12.6. The third kappa shape index (κ3) is 12.8. The minimum atomic E-state index is -0.505. The topological polar surface area (TPSA) is 77.4 Å².